The fourth-order valence-electron chi connectivity index (χ4n) is 2.99. The number of thioether (sulfide) groups is 1. The lowest BCUT2D eigenvalue weighted by molar-refractivity contribution is -0.113. The number of benzene rings is 1. The molecule has 0 saturated heterocycles. The monoisotopic (exact) mass is 379 g/mol. The van der Waals surface area contributed by atoms with Crippen LogP contribution in [0.5, 0.6) is 0 Å². The summed E-state index contributed by atoms with van der Waals surface area (Å²) in [4.78, 5) is 13.1. The molecule has 1 atom stereocenters. The van der Waals surface area contributed by atoms with Gasteiger partial charge in [0.05, 0.1) is 34.4 Å². The number of para-hydroxylation sites is 1. The van der Waals surface area contributed by atoms with Crippen molar-refractivity contribution in [3.63, 3.8) is 0 Å². The highest BCUT2D eigenvalue weighted by Gasteiger charge is 2.36. The van der Waals surface area contributed by atoms with Crippen molar-refractivity contribution in [2.24, 2.45) is 0 Å². The molecule has 1 aliphatic rings. The summed E-state index contributed by atoms with van der Waals surface area (Å²) in [6.07, 6.45) is 2.55. The second-order valence-corrected chi connectivity index (χ2v) is 7.24. The molecule has 1 aromatic carbocycles. The van der Waals surface area contributed by atoms with E-state index in [0.717, 1.165) is 22.9 Å². The standard InChI is InChI=1S/C21H21N3O2S/c1-3-12-27-21-16(13-22)19(17-10-7-11-26-17)18(14(2)23-21)20(25)24-15-8-5-4-6-9-15/h4-11,19,23H,3,12H2,1-2H3,(H,24,25). The first kappa shape index (κ1) is 18.9. The Hall–Kier alpha value is -2.91. The first-order valence-electron chi connectivity index (χ1n) is 8.80. The van der Waals surface area contributed by atoms with Crippen LogP contribution >= 0.6 is 11.8 Å². The summed E-state index contributed by atoms with van der Waals surface area (Å²) >= 11 is 1.59. The first-order valence-corrected chi connectivity index (χ1v) is 9.79. The smallest absolute Gasteiger partial charge is 0.254 e. The van der Waals surface area contributed by atoms with E-state index < -0.39 is 5.92 Å². The van der Waals surface area contributed by atoms with Crippen molar-refractivity contribution in [3.8, 4) is 6.07 Å². The third kappa shape index (κ3) is 4.09. The van der Waals surface area contributed by atoms with Crippen LogP contribution in [0.1, 0.15) is 31.9 Å². The van der Waals surface area contributed by atoms with Crippen molar-refractivity contribution >= 4 is 23.4 Å². The fourth-order valence-corrected chi connectivity index (χ4v) is 3.94. The molecule has 2 heterocycles. The maximum absolute atomic E-state index is 13.1. The van der Waals surface area contributed by atoms with Gasteiger partial charge in [-0.3, -0.25) is 4.79 Å². The molecule has 1 amide bonds. The van der Waals surface area contributed by atoms with E-state index in [-0.39, 0.29) is 5.91 Å². The summed E-state index contributed by atoms with van der Waals surface area (Å²) in [6, 6.07) is 15.1. The Morgan fingerprint density at radius 1 is 1.30 bits per heavy atom. The number of nitriles is 1. The number of nitrogens with zero attached hydrogens (tertiary/aromatic N) is 1. The van der Waals surface area contributed by atoms with Crippen LogP contribution < -0.4 is 10.6 Å². The predicted molar refractivity (Wildman–Crippen MR) is 108 cm³/mol. The molecule has 0 spiro atoms. The number of nitrogens with one attached hydrogen (secondary N) is 2. The average molecular weight is 379 g/mol. The Morgan fingerprint density at radius 2 is 2.07 bits per heavy atom. The molecule has 1 unspecified atom stereocenters. The minimum Gasteiger partial charge on any atom is -0.468 e. The molecule has 0 radical (unpaired) electrons. The van der Waals surface area contributed by atoms with Crippen LogP contribution in [0.25, 0.3) is 0 Å². The van der Waals surface area contributed by atoms with Gasteiger partial charge in [0.1, 0.15) is 5.76 Å². The molecule has 2 aromatic rings. The van der Waals surface area contributed by atoms with Gasteiger partial charge in [-0.05, 0) is 43.4 Å². The zero-order valence-corrected chi connectivity index (χ0v) is 16.1. The maximum atomic E-state index is 13.1. The van der Waals surface area contributed by atoms with Gasteiger partial charge in [0, 0.05) is 11.4 Å². The molecule has 0 bridgehead atoms. The van der Waals surface area contributed by atoms with Crippen LogP contribution in [-0.2, 0) is 4.79 Å². The molecule has 5 nitrogen and oxygen atoms in total. The van der Waals surface area contributed by atoms with E-state index in [4.69, 9.17) is 4.42 Å². The number of amides is 1. The van der Waals surface area contributed by atoms with Crippen LogP contribution in [0.2, 0.25) is 0 Å². The van der Waals surface area contributed by atoms with Crippen LogP contribution in [-0.4, -0.2) is 11.7 Å². The number of allylic oxidation sites excluding steroid dienone is 2. The van der Waals surface area contributed by atoms with Gasteiger partial charge < -0.3 is 15.1 Å². The molecule has 2 N–H and O–H groups in total. The van der Waals surface area contributed by atoms with E-state index in [9.17, 15) is 10.1 Å². The molecule has 0 fully saturated rings. The number of rotatable bonds is 6. The topological polar surface area (TPSA) is 78.1 Å². The Bertz CT molecular complexity index is 909. The molecule has 1 aliphatic heterocycles. The first-order chi connectivity index (χ1) is 13.2. The average Bonchev–Trinajstić information content (AvgIpc) is 3.20. The molecule has 1 aromatic heterocycles. The molecular weight excluding hydrogens is 358 g/mol. The summed E-state index contributed by atoms with van der Waals surface area (Å²) in [7, 11) is 0. The van der Waals surface area contributed by atoms with Crippen molar-refractivity contribution < 1.29 is 9.21 Å². The second-order valence-electron chi connectivity index (χ2n) is 6.14. The van der Waals surface area contributed by atoms with Crippen LogP contribution in [0.4, 0.5) is 5.69 Å². The van der Waals surface area contributed by atoms with Crippen molar-refractivity contribution in [2.75, 3.05) is 11.1 Å². The van der Waals surface area contributed by atoms with Crippen LogP contribution in [0.15, 0.2) is 75.0 Å². The van der Waals surface area contributed by atoms with Gasteiger partial charge in [0.15, 0.2) is 0 Å². The highest BCUT2D eigenvalue weighted by Crippen LogP contribution is 2.41. The van der Waals surface area contributed by atoms with Gasteiger partial charge in [-0.15, -0.1) is 11.8 Å². The lowest BCUT2D eigenvalue weighted by Gasteiger charge is -2.28. The number of anilines is 1. The quantitative estimate of drug-likeness (QED) is 0.757. The lowest BCUT2D eigenvalue weighted by Crippen LogP contribution is -2.30. The highest BCUT2D eigenvalue weighted by molar-refractivity contribution is 8.03. The van der Waals surface area contributed by atoms with Gasteiger partial charge in [-0.2, -0.15) is 5.26 Å². The van der Waals surface area contributed by atoms with Gasteiger partial charge in [0.2, 0.25) is 0 Å². The third-order valence-electron chi connectivity index (χ3n) is 4.20. The fraction of sp³-hybridized carbons (Fsp3) is 0.238. The minimum atomic E-state index is -0.533. The van der Waals surface area contributed by atoms with Crippen LogP contribution in [0.3, 0.4) is 0 Å². The summed E-state index contributed by atoms with van der Waals surface area (Å²) in [5.74, 6) is 0.687. The number of hydrogen-bond acceptors (Lipinski definition) is 5. The van der Waals surface area contributed by atoms with E-state index in [1.807, 2.05) is 37.3 Å². The van der Waals surface area contributed by atoms with Crippen molar-refractivity contribution in [2.45, 2.75) is 26.2 Å². The van der Waals surface area contributed by atoms with Gasteiger partial charge in [0.25, 0.3) is 5.91 Å². The normalized spacial score (nSPS) is 16.7. The van der Waals surface area contributed by atoms with Crippen molar-refractivity contribution in [1.82, 2.24) is 5.32 Å². The number of dihydropyridines is 1. The molecule has 27 heavy (non-hydrogen) atoms. The molecule has 6 heteroatoms. The van der Waals surface area contributed by atoms with Gasteiger partial charge in [-0.1, -0.05) is 25.1 Å². The van der Waals surface area contributed by atoms with E-state index in [2.05, 4.69) is 23.6 Å². The highest BCUT2D eigenvalue weighted by atomic mass is 32.2. The van der Waals surface area contributed by atoms with E-state index in [1.165, 1.54) is 0 Å². The number of furan rings is 1. The summed E-state index contributed by atoms with van der Waals surface area (Å²) in [5.41, 5.74) is 2.43. The second kappa shape index (κ2) is 8.65. The Kier molecular flexibility index (Phi) is 6.05. The molecule has 138 valence electrons. The SMILES string of the molecule is CCCSC1=C(C#N)C(c2ccco2)C(C(=O)Nc2ccccc2)=C(C)N1. The van der Waals surface area contributed by atoms with E-state index in [0.29, 0.717) is 22.6 Å². The lowest BCUT2D eigenvalue weighted by atomic mass is 9.85. The Labute approximate surface area is 163 Å². The van der Waals surface area contributed by atoms with E-state index >= 15 is 0 Å². The van der Waals surface area contributed by atoms with Gasteiger partial charge >= 0.3 is 0 Å². The van der Waals surface area contributed by atoms with Crippen molar-refractivity contribution in [1.29, 1.82) is 5.26 Å². The van der Waals surface area contributed by atoms with Gasteiger partial charge in [-0.25, -0.2) is 0 Å². The summed E-state index contributed by atoms with van der Waals surface area (Å²) in [5, 5.41) is 16.8. The molecular formula is C21H21N3O2S. The van der Waals surface area contributed by atoms with Crippen molar-refractivity contribution in [3.05, 3.63) is 76.4 Å². The molecule has 0 saturated carbocycles. The largest absolute Gasteiger partial charge is 0.468 e. The third-order valence-corrected chi connectivity index (χ3v) is 5.42. The Balaban J connectivity index is 2.01. The summed E-state index contributed by atoms with van der Waals surface area (Å²) in [6.45, 7) is 3.95. The maximum Gasteiger partial charge on any atom is 0.254 e. The van der Waals surface area contributed by atoms with Crippen LogP contribution in [0, 0.1) is 11.3 Å². The Morgan fingerprint density at radius 3 is 2.70 bits per heavy atom. The molecule has 3 rings (SSSR count). The zero-order valence-electron chi connectivity index (χ0n) is 15.3. The minimum absolute atomic E-state index is 0.250. The van der Waals surface area contributed by atoms with E-state index in [1.54, 1.807) is 30.2 Å². The summed E-state index contributed by atoms with van der Waals surface area (Å²) < 4.78 is 5.60. The zero-order chi connectivity index (χ0) is 19.2. The number of carbonyl (C=O) groups is 1. The number of carbonyl (C=O) groups excluding carboxylic acids is 1. The molecule has 0 aliphatic carbocycles. The predicted octanol–water partition coefficient (Wildman–Crippen LogP) is 4.76. The number of hydrogen-bond donors (Lipinski definition) is 2.